The van der Waals surface area contributed by atoms with E-state index >= 15 is 0 Å². The molecule has 1 aromatic heterocycles. The quantitative estimate of drug-likeness (QED) is 0.369. The van der Waals surface area contributed by atoms with Gasteiger partial charge in [0.15, 0.2) is 15.8 Å². The van der Waals surface area contributed by atoms with Crippen molar-refractivity contribution in [1.82, 2.24) is 15.6 Å². The molecule has 1 fully saturated rings. The third-order valence-electron chi connectivity index (χ3n) is 3.83. The van der Waals surface area contributed by atoms with Gasteiger partial charge in [-0.15, -0.1) is 35.3 Å². The average molecular weight is 500 g/mol. The molecule has 9 heteroatoms. The predicted octanol–water partition coefficient (Wildman–Crippen LogP) is 2.34. The molecule has 1 unspecified atom stereocenters. The second kappa shape index (κ2) is 9.50. The summed E-state index contributed by atoms with van der Waals surface area (Å²) in [5.41, 5.74) is 1.19. The van der Waals surface area contributed by atoms with E-state index in [1.54, 1.807) is 11.3 Å². The number of sulfone groups is 1. The lowest BCUT2D eigenvalue weighted by molar-refractivity contribution is 0.570. The van der Waals surface area contributed by atoms with Crippen molar-refractivity contribution in [3.05, 3.63) is 16.1 Å². The summed E-state index contributed by atoms with van der Waals surface area (Å²) in [7, 11) is -2.88. The van der Waals surface area contributed by atoms with Gasteiger partial charge in [0.05, 0.1) is 22.2 Å². The molecule has 1 aliphatic rings. The van der Waals surface area contributed by atoms with Crippen LogP contribution in [0.5, 0.6) is 0 Å². The molecular weight excluding hydrogens is 471 g/mol. The number of aromatic nitrogens is 1. The van der Waals surface area contributed by atoms with Gasteiger partial charge in [0.1, 0.15) is 0 Å². The number of rotatable bonds is 5. The van der Waals surface area contributed by atoms with Crippen LogP contribution in [-0.4, -0.2) is 50.0 Å². The van der Waals surface area contributed by atoms with Gasteiger partial charge >= 0.3 is 0 Å². The van der Waals surface area contributed by atoms with Crippen LogP contribution >= 0.6 is 35.3 Å². The SMILES string of the molecule is CCNC(=NCCc1nc(C(C)(C)C)cs1)NC1CCS(=O)(=O)C1.I. The van der Waals surface area contributed by atoms with E-state index in [0.29, 0.717) is 18.9 Å². The number of halogens is 1. The van der Waals surface area contributed by atoms with Gasteiger partial charge in [0.25, 0.3) is 0 Å². The molecule has 25 heavy (non-hydrogen) atoms. The number of thiazole rings is 1. The largest absolute Gasteiger partial charge is 0.357 e. The molecule has 0 radical (unpaired) electrons. The van der Waals surface area contributed by atoms with Crippen molar-refractivity contribution >= 4 is 51.1 Å². The molecule has 0 aliphatic carbocycles. The first kappa shape index (κ1) is 22.6. The van der Waals surface area contributed by atoms with Gasteiger partial charge in [-0.1, -0.05) is 20.8 Å². The second-order valence-electron chi connectivity index (χ2n) is 7.13. The molecule has 0 aromatic carbocycles. The molecular formula is C16H29IN4O2S2. The van der Waals surface area contributed by atoms with Crippen LogP contribution in [0.1, 0.15) is 44.8 Å². The summed E-state index contributed by atoms with van der Waals surface area (Å²) in [6.45, 7) is 9.86. The Labute approximate surface area is 172 Å². The highest BCUT2D eigenvalue weighted by Crippen LogP contribution is 2.24. The second-order valence-corrected chi connectivity index (χ2v) is 10.3. The molecule has 6 nitrogen and oxygen atoms in total. The highest BCUT2D eigenvalue weighted by Gasteiger charge is 2.28. The highest BCUT2D eigenvalue weighted by molar-refractivity contribution is 14.0. The zero-order valence-electron chi connectivity index (χ0n) is 15.3. The first-order chi connectivity index (χ1) is 11.2. The van der Waals surface area contributed by atoms with Crippen LogP contribution in [0.2, 0.25) is 0 Å². The fraction of sp³-hybridized carbons (Fsp3) is 0.750. The fourth-order valence-corrected chi connectivity index (χ4v) is 5.14. The van der Waals surface area contributed by atoms with Gasteiger partial charge in [-0.25, -0.2) is 13.4 Å². The van der Waals surface area contributed by atoms with Gasteiger partial charge in [0, 0.05) is 36.3 Å². The number of aliphatic imine (C=N–C) groups is 1. The lowest BCUT2D eigenvalue weighted by atomic mass is 9.93. The molecule has 1 atom stereocenters. The number of nitrogens with one attached hydrogen (secondary N) is 2. The topological polar surface area (TPSA) is 83.4 Å². The number of hydrogen-bond acceptors (Lipinski definition) is 5. The van der Waals surface area contributed by atoms with E-state index in [0.717, 1.165) is 23.7 Å². The van der Waals surface area contributed by atoms with Crippen molar-refractivity contribution in [2.45, 2.75) is 52.0 Å². The Hall–Kier alpha value is -0.420. The van der Waals surface area contributed by atoms with E-state index < -0.39 is 9.84 Å². The van der Waals surface area contributed by atoms with E-state index in [4.69, 9.17) is 0 Å². The maximum atomic E-state index is 11.6. The minimum Gasteiger partial charge on any atom is -0.357 e. The maximum absolute atomic E-state index is 11.6. The smallest absolute Gasteiger partial charge is 0.191 e. The molecule has 144 valence electrons. The van der Waals surface area contributed by atoms with Crippen LogP contribution in [0.15, 0.2) is 10.4 Å². The van der Waals surface area contributed by atoms with Gasteiger partial charge in [-0.05, 0) is 13.3 Å². The van der Waals surface area contributed by atoms with Crippen LogP contribution < -0.4 is 10.6 Å². The Morgan fingerprint density at radius 2 is 2.16 bits per heavy atom. The summed E-state index contributed by atoms with van der Waals surface area (Å²) in [5.74, 6) is 1.14. The maximum Gasteiger partial charge on any atom is 0.191 e. The highest BCUT2D eigenvalue weighted by atomic mass is 127. The van der Waals surface area contributed by atoms with Crippen molar-refractivity contribution in [3.8, 4) is 0 Å². The van der Waals surface area contributed by atoms with E-state index in [1.807, 2.05) is 6.92 Å². The normalized spacial score (nSPS) is 20.2. The van der Waals surface area contributed by atoms with Crippen molar-refractivity contribution in [3.63, 3.8) is 0 Å². The summed E-state index contributed by atoms with van der Waals surface area (Å²) in [5, 5.41) is 9.61. The zero-order chi connectivity index (χ0) is 17.8. The van der Waals surface area contributed by atoms with Crippen molar-refractivity contribution in [2.75, 3.05) is 24.6 Å². The lowest BCUT2D eigenvalue weighted by Crippen LogP contribution is -2.44. The molecule has 2 heterocycles. The van der Waals surface area contributed by atoms with Crippen LogP contribution in [0.25, 0.3) is 0 Å². The zero-order valence-corrected chi connectivity index (χ0v) is 19.3. The van der Waals surface area contributed by atoms with Crippen molar-refractivity contribution < 1.29 is 8.42 Å². The van der Waals surface area contributed by atoms with E-state index in [1.165, 1.54) is 0 Å². The fourth-order valence-electron chi connectivity index (χ4n) is 2.46. The molecule has 0 bridgehead atoms. The molecule has 1 saturated heterocycles. The molecule has 1 aliphatic heterocycles. The number of guanidine groups is 1. The van der Waals surface area contributed by atoms with E-state index in [2.05, 4.69) is 46.8 Å². The summed E-state index contributed by atoms with van der Waals surface area (Å²) in [6.07, 6.45) is 1.44. The number of hydrogen-bond donors (Lipinski definition) is 2. The van der Waals surface area contributed by atoms with Gasteiger partial charge in [-0.2, -0.15) is 0 Å². The standard InChI is InChI=1S/C16H28N4O2S2.HI/c1-5-17-15(19-12-7-9-24(21,22)11-12)18-8-6-14-20-13(10-23-14)16(2,3)4;/h10,12H,5-9,11H2,1-4H3,(H2,17,18,19);1H. The van der Waals surface area contributed by atoms with Crippen LogP contribution in [0, 0.1) is 0 Å². The Morgan fingerprint density at radius 3 is 2.68 bits per heavy atom. The van der Waals surface area contributed by atoms with Crippen LogP contribution in [0.4, 0.5) is 0 Å². The third-order valence-corrected chi connectivity index (χ3v) is 6.51. The van der Waals surface area contributed by atoms with Crippen LogP contribution in [-0.2, 0) is 21.7 Å². The Kier molecular flexibility index (Phi) is 8.59. The minimum atomic E-state index is -2.88. The van der Waals surface area contributed by atoms with Crippen molar-refractivity contribution in [1.29, 1.82) is 0 Å². The predicted molar refractivity (Wildman–Crippen MR) is 116 cm³/mol. The molecule has 0 amide bonds. The molecule has 0 saturated carbocycles. The lowest BCUT2D eigenvalue weighted by Gasteiger charge is -2.15. The number of nitrogens with zero attached hydrogens (tertiary/aromatic N) is 2. The van der Waals surface area contributed by atoms with Crippen LogP contribution in [0.3, 0.4) is 0 Å². The van der Waals surface area contributed by atoms with Gasteiger partial charge < -0.3 is 10.6 Å². The summed E-state index contributed by atoms with van der Waals surface area (Å²) in [4.78, 5) is 9.23. The Balaban J connectivity index is 0.00000312. The Bertz CT molecular complexity index is 681. The average Bonchev–Trinajstić information content (AvgIpc) is 3.05. The monoisotopic (exact) mass is 500 g/mol. The molecule has 1 aromatic rings. The third kappa shape index (κ3) is 7.38. The van der Waals surface area contributed by atoms with E-state index in [9.17, 15) is 8.42 Å². The van der Waals surface area contributed by atoms with E-state index in [-0.39, 0.29) is 46.9 Å². The molecule has 0 spiro atoms. The van der Waals surface area contributed by atoms with Crippen molar-refractivity contribution in [2.24, 2.45) is 4.99 Å². The summed E-state index contributed by atoms with van der Waals surface area (Å²) >= 11 is 1.67. The first-order valence-electron chi connectivity index (χ1n) is 8.40. The minimum absolute atomic E-state index is 0. The van der Waals surface area contributed by atoms with Gasteiger partial charge in [-0.3, -0.25) is 4.99 Å². The summed E-state index contributed by atoms with van der Waals surface area (Å²) < 4.78 is 23.1. The molecule has 2 rings (SSSR count). The Morgan fingerprint density at radius 1 is 1.44 bits per heavy atom. The van der Waals surface area contributed by atoms with Gasteiger partial charge in [0.2, 0.25) is 0 Å². The molecule has 2 N–H and O–H groups in total. The first-order valence-corrected chi connectivity index (χ1v) is 11.1. The summed E-state index contributed by atoms with van der Waals surface area (Å²) in [6, 6.07) is -0.0415.